The van der Waals surface area contributed by atoms with Gasteiger partial charge in [0.1, 0.15) is 5.82 Å². The van der Waals surface area contributed by atoms with E-state index in [2.05, 4.69) is 9.97 Å². The van der Waals surface area contributed by atoms with Crippen LogP contribution in [0.2, 0.25) is 0 Å². The van der Waals surface area contributed by atoms with E-state index in [1.165, 1.54) is 0 Å². The predicted octanol–water partition coefficient (Wildman–Crippen LogP) is 2.67. The van der Waals surface area contributed by atoms with Crippen molar-refractivity contribution >= 4 is 5.91 Å². The fourth-order valence-corrected chi connectivity index (χ4v) is 3.52. The number of rotatable bonds is 7. The van der Waals surface area contributed by atoms with Crippen LogP contribution in [-0.4, -0.2) is 59.2 Å². The second-order valence-corrected chi connectivity index (χ2v) is 7.13. The number of amides is 1. The number of carbonyl (C=O) groups is 1. The number of likely N-dealkylation sites (tertiary alicyclic amines) is 1. The Balaban J connectivity index is 1.64. The molecule has 0 spiro atoms. The summed E-state index contributed by atoms with van der Waals surface area (Å²) in [7, 11) is 1.66. The molecule has 0 aliphatic carbocycles. The van der Waals surface area contributed by atoms with Crippen molar-refractivity contribution in [1.82, 2.24) is 19.9 Å². The Hall–Kier alpha value is -2.38. The minimum absolute atomic E-state index is 0.0749. The number of hydrogen-bond donors (Lipinski definition) is 0. The third-order valence-electron chi connectivity index (χ3n) is 5.02. The maximum Gasteiger partial charge on any atom is 0.253 e. The third-order valence-corrected chi connectivity index (χ3v) is 5.02. The predicted molar refractivity (Wildman–Crippen MR) is 105 cm³/mol. The summed E-state index contributed by atoms with van der Waals surface area (Å²) in [6.07, 6.45) is 5.32. The van der Waals surface area contributed by atoms with Crippen molar-refractivity contribution in [3.63, 3.8) is 0 Å². The highest BCUT2D eigenvalue weighted by Gasteiger charge is 2.27. The van der Waals surface area contributed by atoms with Crippen molar-refractivity contribution in [2.24, 2.45) is 0 Å². The Morgan fingerprint density at radius 2 is 2.00 bits per heavy atom. The smallest absolute Gasteiger partial charge is 0.253 e. The maximum absolute atomic E-state index is 12.8. The molecule has 1 amide bonds. The van der Waals surface area contributed by atoms with Gasteiger partial charge in [0.2, 0.25) is 0 Å². The van der Waals surface area contributed by atoms with E-state index in [-0.39, 0.29) is 5.91 Å². The number of piperidine rings is 1. The van der Waals surface area contributed by atoms with Crippen LogP contribution in [-0.2, 0) is 16.1 Å². The molecule has 0 N–H and O–H groups in total. The van der Waals surface area contributed by atoms with E-state index in [9.17, 15) is 4.79 Å². The van der Waals surface area contributed by atoms with Gasteiger partial charge in [0, 0.05) is 55.3 Å². The van der Waals surface area contributed by atoms with Crippen LogP contribution in [0.15, 0.2) is 24.5 Å². The van der Waals surface area contributed by atoms with Gasteiger partial charge >= 0.3 is 0 Å². The first-order valence-corrected chi connectivity index (χ1v) is 9.69. The molecule has 150 valence electrons. The molecule has 2 aromatic rings. The Morgan fingerprint density at radius 3 is 2.71 bits per heavy atom. The summed E-state index contributed by atoms with van der Waals surface area (Å²) >= 11 is 0. The number of ether oxygens (including phenoxy) is 2. The zero-order valence-corrected chi connectivity index (χ0v) is 16.9. The molecule has 1 saturated heterocycles. The fourth-order valence-electron chi connectivity index (χ4n) is 3.52. The second-order valence-electron chi connectivity index (χ2n) is 7.13. The van der Waals surface area contributed by atoms with Crippen molar-refractivity contribution in [3.05, 3.63) is 52.9 Å². The number of pyridine rings is 1. The molecule has 3 rings (SSSR count). The van der Waals surface area contributed by atoms with Gasteiger partial charge < -0.3 is 14.4 Å². The third kappa shape index (κ3) is 5.11. The Bertz CT molecular complexity index is 804. The van der Waals surface area contributed by atoms with E-state index in [1.54, 1.807) is 19.4 Å². The molecule has 0 unspecified atom stereocenters. The lowest BCUT2D eigenvalue weighted by Gasteiger charge is -2.32. The van der Waals surface area contributed by atoms with Gasteiger partial charge in [-0.1, -0.05) is 0 Å². The zero-order chi connectivity index (χ0) is 19.9. The zero-order valence-electron chi connectivity index (χ0n) is 16.9. The molecule has 0 radical (unpaired) electrons. The number of methoxy groups -OCH3 is 1. The molecular weight excluding hydrogens is 356 g/mol. The summed E-state index contributed by atoms with van der Waals surface area (Å²) in [5.41, 5.74) is 3.64. The monoisotopic (exact) mass is 384 g/mol. The van der Waals surface area contributed by atoms with Crippen LogP contribution in [0.1, 0.15) is 51.9 Å². The van der Waals surface area contributed by atoms with Gasteiger partial charge in [-0.3, -0.25) is 9.78 Å². The van der Waals surface area contributed by atoms with Gasteiger partial charge in [-0.2, -0.15) is 0 Å². The van der Waals surface area contributed by atoms with Crippen molar-refractivity contribution in [3.8, 4) is 0 Å². The van der Waals surface area contributed by atoms with E-state index < -0.39 is 0 Å². The highest BCUT2D eigenvalue weighted by atomic mass is 16.5. The molecule has 0 aromatic carbocycles. The standard InChI is InChI=1S/C21H28N4O3/c1-15-12-18(4-7-22-15)21(26)25-8-5-17(6-9-25)20-19(13-23-16(2)24-20)14-28-11-10-27-3/h4,7,12-13,17H,5-6,8-11,14H2,1-3H3. The van der Waals surface area contributed by atoms with Crippen LogP contribution in [0.4, 0.5) is 0 Å². The number of aryl methyl sites for hydroxylation is 2. The summed E-state index contributed by atoms with van der Waals surface area (Å²) in [5.74, 6) is 1.15. The fraction of sp³-hybridized carbons (Fsp3) is 0.524. The Kier molecular flexibility index (Phi) is 7.06. The summed E-state index contributed by atoms with van der Waals surface area (Å²) in [4.78, 5) is 27.9. The van der Waals surface area contributed by atoms with E-state index in [4.69, 9.17) is 14.5 Å². The molecule has 1 aliphatic rings. The van der Waals surface area contributed by atoms with E-state index in [0.29, 0.717) is 31.3 Å². The average Bonchev–Trinajstić information content (AvgIpc) is 2.71. The molecule has 28 heavy (non-hydrogen) atoms. The summed E-state index contributed by atoms with van der Waals surface area (Å²) in [6, 6.07) is 3.63. The normalized spacial score (nSPS) is 15.0. The molecule has 0 bridgehead atoms. The quantitative estimate of drug-likeness (QED) is 0.683. The highest BCUT2D eigenvalue weighted by Crippen LogP contribution is 2.30. The van der Waals surface area contributed by atoms with Crippen molar-refractivity contribution < 1.29 is 14.3 Å². The topological polar surface area (TPSA) is 77.4 Å². The van der Waals surface area contributed by atoms with Gasteiger partial charge in [0.05, 0.1) is 25.5 Å². The van der Waals surface area contributed by atoms with Crippen LogP contribution in [0.5, 0.6) is 0 Å². The number of carbonyl (C=O) groups excluding carboxylic acids is 1. The molecule has 1 fully saturated rings. The van der Waals surface area contributed by atoms with Gasteiger partial charge in [-0.25, -0.2) is 9.97 Å². The van der Waals surface area contributed by atoms with E-state index in [1.807, 2.05) is 31.0 Å². The summed E-state index contributed by atoms with van der Waals surface area (Å²) < 4.78 is 10.7. The molecule has 0 atom stereocenters. The lowest BCUT2D eigenvalue weighted by Crippen LogP contribution is -2.38. The molecule has 7 heteroatoms. The Morgan fingerprint density at radius 1 is 1.21 bits per heavy atom. The Labute approximate surface area is 166 Å². The van der Waals surface area contributed by atoms with Gasteiger partial charge in [0.25, 0.3) is 5.91 Å². The molecular formula is C21H28N4O3. The first-order valence-electron chi connectivity index (χ1n) is 9.69. The molecule has 0 saturated carbocycles. The molecule has 3 heterocycles. The first kappa shape index (κ1) is 20.4. The SMILES string of the molecule is COCCOCc1cnc(C)nc1C1CCN(C(=O)c2ccnc(C)c2)CC1. The van der Waals surface area contributed by atoms with Crippen LogP contribution >= 0.6 is 0 Å². The lowest BCUT2D eigenvalue weighted by atomic mass is 9.90. The number of nitrogens with zero attached hydrogens (tertiary/aromatic N) is 4. The highest BCUT2D eigenvalue weighted by molar-refractivity contribution is 5.94. The van der Waals surface area contributed by atoms with E-state index >= 15 is 0 Å². The number of aromatic nitrogens is 3. The van der Waals surface area contributed by atoms with Crippen LogP contribution in [0.25, 0.3) is 0 Å². The van der Waals surface area contributed by atoms with Gasteiger partial charge in [-0.05, 0) is 38.8 Å². The summed E-state index contributed by atoms with van der Waals surface area (Å²) in [6.45, 7) is 6.84. The van der Waals surface area contributed by atoms with Crippen LogP contribution in [0.3, 0.4) is 0 Å². The second kappa shape index (κ2) is 9.71. The van der Waals surface area contributed by atoms with Gasteiger partial charge in [-0.15, -0.1) is 0 Å². The van der Waals surface area contributed by atoms with Crippen LogP contribution < -0.4 is 0 Å². The lowest BCUT2D eigenvalue weighted by molar-refractivity contribution is 0.0604. The van der Waals surface area contributed by atoms with Crippen molar-refractivity contribution in [2.75, 3.05) is 33.4 Å². The van der Waals surface area contributed by atoms with Crippen LogP contribution in [0, 0.1) is 13.8 Å². The summed E-state index contributed by atoms with van der Waals surface area (Å²) in [5, 5.41) is 0. The van der Waals surface area contributed by atoms with E-state index in [0.717, 1.165) is 48.7 Å². The largest absolute Gasteiger partial charge is 0.382 e. The van der Waals surface area contributed by atoms with Gasteiger partial charge in [0.15, 0.2) is 0 Å². The average molecular weight is 384 g/mol. The molecule has 1 aliphatic heterocycles. The molecule has 7 nitrogen and oxygen atoms in total. The minimum Gasteiger partial charge on any atom is -0.382 e. The molecule has 2 aromatic heterocycles. The first-order chi connectivity index (χ1) is 13.6. The van der Waals surface area contributed by atoms with Crippen molar-refractivity contribution in [2.45, 2.75) is 39.2 Å². The minimum atomic E-state index is 0.0749. The number of hydrogen-bond acceptors (Lipinski definition) is 6. The van der Waals surface area contributed by atoms with Crippen molar-refractivity contribution in [1.29, 1.82) is 0 Å². The maximum atomic E-state index is 12.8.